The fourth-order valence-electron chi connectivity index (χ4n) is 3.40. The molecule has 1 aromatic carbocycles. The molecule has 2 aliphatic rings. The highest BCUT2D eigenvalue weighted by Crippen LogP contribution is 2.29. The molecule has 0 bridgehead atoms. The van der Waals surface area contributed by atoms with Crippen molar-refractivity contribution in [3.8, 4) is 6.07 Å². The molecule has 1 aliphatic heterocycles. The van der Waals surface area contributed by atoms with Crippen LogP contribution in [0.5, 0.6) is 0 Å². The van der Waals surface area contributed by atoms with Crippen molar-refractivity contribution in [1.29, 1.82) is 5.26 Å². The van der Waals surface area contributed by atoms with Crippen molar-refractivity contribution in [2.75, 3.05) is 13.1 Å². The molecule has 1 N–H and O–H groups in total. The van der Waals surface area contributed by atoms with E-state index in [4.69, 9.17) is 5.26 Å². The Morgan fingerprint density at radius 1 is 1.09 bits per heavy atom. The summed E-state index contributed by atoms with van der Waals surface area (Å²) in [6.07, 6.45) is 3.96. The van der Waals surface area contributed by atoms with E-state index in [-0.39, 0.29) is 11.8 Å². The monoisotopic (exact) mass is 297 g/mol. The summed E-state index contributed by atoms with van der Waals surface area (Å²) in [5.74, 6) is 0.0398. The third kappa shape index (κ3) is 2.75. The molecule has 1 fully saturated rings. The average Bonchev–Trinajstić information content (AvgIpc) is 2.80. The first-order valence-electron chi connectivity index (χ1n) is 7.76. The highest BCUT2D eigenvalue weighted by molar-refractivity contribution is 6.21. The van der Waals surface area contributed by atoms with Crippen molar-refractivity contribution < 1.29 is 9.59 Å². The van der Waals surface area contributed by atoms with Crippen molar-refractivity contribution in [3.05, 3.63) is 35.4 Å². The van der Waals surface area contributed by atoms with Crippen LogP contribution in [0.2, 0.25) is 0 Å². The topological polar surface area (TPSA) is 73.2 Å². The third-order valence-electron chi connectivity index (χ3n) is 4.64. The Labute approximate surface area is 129 Å². The Hall–Kier alpha value is -2.19. The van der Waals surface area contributed by atoms with E-state index in [1.165, 1.54) is 4.90 Å². The summed E-state index contributed by atoms with van der Waals surface area (Å²) < 4.78 is 0. The van der Waals surface area contributed by atoms with Crippen molar-refractivity contribution in [2.24, 2.45) is 5.92 Å². The number of amides is 2. The van der Waals surface area contributed by atoms with Gasteiger partial charge in [-0.3, -0.25) is 14.5 Å². The third-order valence-corrected chi connectivity index (χ3v) is 4.64. The Balaban J connectivity index is 1.59. The SMILES string of the molecule is N#CCNC1CCC(CN2C(=O)c3ccccc3C2=O)CC1. The van der Waals surface area contributed by atoms with E-state index in [0.717, 1.165) is 25.7 Å². The van der Waals surface area contributed by atoms with Crippen LogP contribution in [0.25, 0.3) is 0 Å². The summed E-state index contributed by atoms with van der Waals surface area (Å²) in [7, 11) is 0. The van der Waals surface area contributed by atoms with Crippen molar-refractivity contribution >= 4 is 11.8 Å². The van der Waals surface area contributed by atoms with E-state index < -0.39 is 0 Å². The minimum Gasteiger partial charge on any atom is -0.302 e. The molecule has 0 atom stereocenters. The van der Waals surface area contributed by atoms with Crippen molar-refractivity contribution in [1.82, 2.24) is 10.2 Å². The molecule has 0 unspecified atom stereocenters. The number of nitrogens with one attached hydrogen (secondary N) is 1. The quantitative estimate of drug-likeness (QED) is 0.681. The first-order chi connectivity index (χ1) is 10.7. The van der Waals surface area contributed by atoms with Crippen molar-refractivity contribution in [2.45, 2.75) is 31.7 Å². The molecular weight excluding hydrogens is 278 g/mol. The minimum absolute atomic E-state index is 0.162. The van der Waals surface area contributed by atoms with Crippen LogP contribution in [0.15, 0.2) is 24.3 Å². The van der Waals surface area contributed by atoms with Crippen LogP contribution >= 0.6 is 0 Å². The number of imide groups is 1. The molecule has 0 aromatic heterocycles. The van der Waals surface area contributed by atoms with Crippen LogP contribution < -0.4 is 5.32 Å². The molecule has 0 spiro atoms. The van der Waals surface area contributed by atoms with Gasteiger partial charge in [-0.15, -0.1) is 0 Å². The summed E-state index contributed by atoms with van der Waals surface area (Å²) in [6.45, 7) is 0.894. The van der Waals surface area contributed by atoms with Crippen LogP contribution in [0.1, 0.15) is 46.4 Å². The predicted octanol–water partition coefficient (Wildman–Crippen LogP) is 1.95. The summed E-state index contributed by atoms with van der Waals surface area (Å²) in [6, 6.07) is 9.51. The maximum Gasteiger partial charge on any atom is 0.261 e. The maximum atomic E-state index is 12.3. The van der Waals surface area contributed by atoms with E-state index in [0.29, 0.717) is 36.2 Å². The number of fused-ring (bicyclic) bond motifs is 1. The molecule has 3 rings (SSSR count). The Morgan fingerprint density at radius 3 is 2.23 bits per heavy atom. The second-order valence-corrected chi connectivity index (χ2v) is 6.02. The zero-order chi connectivity index (χ0) is 15.5. The highest BCUT2D eigenvalue weighted by atomic mass is 16.2. The number of hydrogen-bond acceptors (Lipinski definition) is 4. The van der Waals surface area contributed by atoms with Crippen molar-refractivity contribution in [3.63, 3.8) is 0 Å². The van der Waals surface area contributed by atoms with Gasteiger partial charge in [0.25, 0.3) is 11.8 Å². The van der Waals surface area contributed by atoms with Gasteiger partial charge in [-0.05, 0) is 43.7 Å². The largest absolute Gasteiger partial charge is 0.302 e. The molecule has 0 radical (unpaired) electrons. The number of carbonyl (C=O) groups is 2. The van der Waals surface area contributed by atoms with Gasteiger partial charge in [0.1, 0.15) is 0 Å². The lowest BCUT2D eigenvalue weighted by molar-refractivity contribution is 0.0613. The number of benzene rings is 1. The molecule has 1 saturated carbocycles. The zero-order valence-electron chi connectivity index (χ0n) is 12.4. The van der Waals surface area contributed by atoms with E-state index >= 15 is 0 Å². The number of nitrogens with zero attached hydrogens (tertiary/aromatic N) is 2. The summed E-state index contributed by atoms with van der Waals surface area (Å²) in [5, 5.41) is 11.8. The Morgan fingerprint density at radius 2 is 1.68 bits per heavy atom. The molecule has 22 heavy (non-hydrogen) atoms. The number of nitriles is 1. The number of rotatable bonds is 4. The summed E-state index contributed by atoms with van der Waals surface area (Å²) >= 11 is 0. The van der Waals surface area contributed by atoms with Crippen LogP contribution in [0, 0.1) is 17.2 Å². The summed E-state index contributed by atoms with van der Waals surface area (Å²) in [5.41, 5.74) is 1.05. The summed E-state index contributed by atoms with van der Waals surface area (Å²) in [4.78, 5) is 26.1. The van der Waals surface area contributed by atoms with E-state index in [1.54, 1.807) is 24.3 Å². The second-order valence-electron chi connectivity index (χ2n) is 6.02. The molecule has 114 valence electrons. The molecule has 1 heterocycles. The van der Waals surface area contributed by atoms with Gasteiger partial charge < -0.3 is 5.32 Å². The standard InChI is InChI=1S/C17H19N3O2/c18-9-10-19-13-7-5-12(6-8-13)11-20-16(21)14-3-1-2-4-15(14)17(20)22/h1-4,12-13,19H,5-8,10-11H2. The van der Waals surface area contributed by atoms with Gasteiger partial charge in [0.2, 0.25) is 0 Å². The van der Waals surface area contributed by atoms with Crippen LogP contribution in [0.4, 0.5) is 0 Å². The Bertz CT molecular complexity index is 592. The van der Waals surface area contributed by atoms with Gasteiger partial charge in [0, 0.05) is 12.6 Å². The van der Waals surface area contributed by atoms with Gasteiger partial charge >= 0.3 is 0 Å². The first kappa shape index (κ1) is 14.7. The van der Waals surface area contributed by atoms with E-state index in [9.17, 15) is 9.59 Å². The fourth-order valence-corrected chi connectivity index (χ4v) is 3.40. The molecule has 2 amide bonds. The lowest BCUT2D eigenvalue weighted by atomic mass is 9.85. The predicted molar refractivity (Wildman–Crippen MR) is 81.2 cm³/mol. The normalized spacial score (nSPS) is 24.2. The van der Waals surface area contributed by atoms with Gasteiger partial charge in [-0.2, -0.15) is 5.26 Å². The van der Waals surface area contributed by atoms with Crippen LogP contribution in [-0.4, -0.2) is 35.8 Å². The molecule has 1 aliphatic carbocycles. The van der Waals surface area contributed by atoms with E-state index in [2.05, 4.69) is 11.4 Å². The Kier molecular flexibility index (Phi) is 4.21. The van der Waals surface area contributed by atoms with Gasteiger partial charge in [0.05, 0.1) is 23.7 Å². The lowest BCUT2D eigenvalue weighted by Gasteiger charge is -2.30. The lowest BCUT2D eigenvalue weighted by Crippen LogP contribution is -2.39. The molecule has 5 nitrogen and oxygen atoms in total. The van der Waals surface area contributed by atoms with Gasteiger partial charge in [-0.25, -0.2) is 0 Å². The first-order valence-corrected chi connectivity index (χ1v) is 7.76. The number of hydrogen-bond donors (Lipinski definition) is 1. The smallest absolute Gasteiger partial charge is 0.261 e. The van der Waals surface area contributed by atoms with Crippen LogP contribution in [-0.2, 0) is 0 Å². The fraction of sp³-hybridized carbons (Fsp3) is 0.471. The number of carbonyl (C=O) groups excluding carboxylic acids is 2. The molecule has 0 saturated heterocycles. The van der Waals surface area contributed by atoms with E-state index in [1.807, 2.05) is 0 Å². The van der Waals surface area contributed by atoms with Crippen LogP contribution in [0.3, 0.4) is 0 Å². The molecule has 1 aromatic rings. The highest BCUT2D eigenvalue weighted by Gasteiger charge is 2.36. The maximum absolute atomic E-state index is 12.3. The van der Waals surface area contributed by atoms with Gasteiger partial charge in [0.15, 0.2) is 0 Å². The van der Waals surface area contributed by atoms with Gasteiger partial charge in [-0.1, -0.05) is 12.1 Å². The molecular formula is C17H19N3O2. The average molecular weight is 297 g/mol. The zero-order valence-corrected chi connectivity index (χ0v) is 12.4. The minimum atomic E-state index is -0.162. The molecule has 5 heteroatoms. The second kappa shape index (κ2) is 6.29.